The molecule has 2 aliphatic rings. The summed E-state index contributed by atoms with van der Waals surface area (Å²) in [6, 6.07) is 16.3. The van der Waals surface area contributed by atoms with Crippen molar-refractivity contribution in [2.75, 3.05) is 20.1 Å². The Labute approximate surface area is 137 Å². The lowest BCUT2D eigenvalue weighted by molar-refractivity contribution is 0.0974. The highest BCUT2D eigenvalue weighted by Crippen LogP contribution is 2.39. The third-order valence-electron chi connectivity index (χ3n) is 5.10. The van der Waals surface area contributed by atoms with Crippen LogP contribution in [0.25, 0.3) is 0 Å². The zero-order valence-corrected chi connectivity index (χ0v) is 13.6. The van der Waals surface area contributed by atoms with E-state index >= 15 is 0 Å². The zero-order valence-electron chi connectivity index (χ0n) is 12.8. The van der Waals surface area contributed by atoms with Crippen LogP contribution in [0.5, 0.6) is 0 Å². The molecular weight excluding hydrogens is 292 g/mol. The van der Waals surface area contributed by atoms with Crippen LogP contribution >= 0.6 is 11.6 Å². The Morgan fingerprint density at radius 1 is 1.00 bits per heavy atom. The fourth-order valence-corrected chi connectivity index (χ4v) is 3.99. The molecule has 1 aliphatic carbocycles. The summed E-state index contributed by atoms with van der Waals surface area (Å²) in [5, 5.41) is 4.22. The normalized spacial score (nSPS) is 21.6. The third-order valence-corrected chi connectivity index (χ3v) is 5.33. The van der Waals surface area contributed by atoms with Gasteiger partial charge in [-0.05, 0) is 54.3 Å². The summed E-state index contributed by atoms with van der Waals surface area (Å²) in [6.07, 6.45) is 2.22. The van der Waals surface area contributed by atoms with Gasteiger partial charge >= 0.3 is 0 Å². The first-order chi connectivity index (χ1) is 10.8. The Balaban J connectivity index is 1.81. The van der Waals surface area contributed by atoms with E-state index < -0.39 is 0 Å². The maximum atomic E-state index is 6.31. The van der Waals surface area contributed by atoms with Crippen molar-refractivity contribution in [1.29, 1.82) is 0 Å². The first kappa shape index (κ1) is 14.3. The number of likely N-dealkylation sites (N-methyl/N-ethyl adjacent to an activating group) is 1. The van der Waals surface area contributed by atoms with Gasteiger partial charge in [0.15, 0.2) is 0 Å². The third kappa shape index (κ3) is 2.36. The number of fused-ring (bicyclic) bond motifs is 2. The number of hydrogen-bond acceptors (Lipinski definition) is 2. The molecule has 2 aromatic rings. The monoisotopic (exact) mass is 312 g/mol. The lowest BCUT2D eigenvalue weighted by atomic mass is 9.90. The van der Waals surface area contributed by atoms with Gasteiger partial charge in [0.05, 0.1) is 6.04 Å². The molecular formula is C19H21ClN2. The van der Waals surface area contributed by atoms with Crippen LogP contribution in [-0.4, -0.2) is 31.1 Å². The van der Waals surface area contributed by atoms with Crippen molar-refractivity contribution in [3.63, 3.8) is 0 Å². The van der Waals surface area contributed by atoms with Gasteiger partial charge in [0.2, 0.25) is 0 Å². The van der Waals surface area contributed by atoms with Gasteiger partial charge in [0.1, 0.15) is 0 Å². The maximum absolute atomic E-state index is 6.31. The van der Waals surface area contributed by atoms with E-state index in [4.69, 9.17) is 11.6 Å². The van der Waals surface area contributed by atoms with Gasteiger partial charge in [0, 0.05) is 24.2 Å². The Kier molecular flexibility index (Phi) is 3.69. The lowest BCUT2D eigenvalue weighted by Crippen LogP contribution is -2.58. The highest BCUT2D eigenvalue weighted by Gasteiger charge is 2.36. The number of aryl methyl sites for hydroxylation is 2. The summed E-state index contributed by atoms with van der Waals surface area (Å²) >= 11 is 6.31. The van der Waals surface area contributed by atoms with E-state index in [0.29, 0.717) is 12.1 Å². The summed E-state index contributed by atoms with van der Waals surface area (Å²) in [5.74, 6) is 0. The molecule has 1 saturated heterocycles. The Morgan fingerprint density at radius 3 is 2.50 bits per heavy atom. The Bertz CT molecular complexity index is 692. The van der Waals surface area contributed by atoms with Crippen LogP contribution in [0.2, 0.25) is 5.02 Å². The molecule has 4 rings (SSSR count). The molecule has 1 heterocycles. The molecule has 114 valence electrons. The summed E-state index contributed by atoms with van der Waals surface area (Å²) < 4.78 is 0. The Hall–Kier alpha value is -1.35. The topological polar surface area (TPSA) is 15.3 Å². The van der Waals surface area contributed by atoms with Gasteiger partial charge in [0.25, 0.3) is 0 Å². The minimum Gasteiger partial charge on any atom is -0.315 e. The average molecular weight is 313 g/mol. The van der Waals surface area contributed by atoms with Gasteiger partial charge in [-0.1, -0.05) is 41.9 Å². The van der Waals surface area contributed by atoms with E-state index in [1.165, 1.54) is 22.3 Å². The molecule has 0 amide bonds. The molecule has 1 atom stereocenters. The minimum absolute atomic E-state index is 0.344. The van der Waals surface area contributed by atoms with Crippen molar-refractivity contribution in [2.24, 2.45) is 0 Å². The molecule has 0 spiro atoms. The highest BCUT2D eigenvalue weighted by molar-refractivity contribution is 6.30. The van der Waals surface area contributed by atoms with Gasteiger partial charge in [-0.15, -0.1) is 0 Å². The van der Waals surface area contributed by atoms with Gasteiger partial charge in [-0.25, -0.2) is 0 Å². The number of likely N-dealkylation sites (tertiary alicyclic amines) is 1. The number of nitrogens with one attached hydrogen (secondary N) is 1. The van der Waals surface area contributed by atoms with Crippen molar-refractivity contribution >= 4 is 11.6 Å². The highest BCUT2D eigenvalue weighted by atomic mass is 35.5. The smallest absolute Gasteiger partial charge is 0.0608 e. The van der Waals surface area contributed by atoms with Crippen molar-refractivity contribution in [3.8, 4) is 0 Å². The van der Waals surface area contributed by atoms with Gasteiger partial charge in [-0.2, -0.15) is 0 Å². The molecule has 0 aromatic heterocycles. The van der Waals surface area contributed by atoms with Crippen LogP contribution in [0.1, 0.15) is 28.3 Å². The molecule has 1 N–H and O–H groups in total. The number of halogens is 1. The van der Waals surface area contributed by atoms with Crippen molar-refractivity contribution < 1.29 is 0 Å². The van der Waals surface area contributed by atoms with Crippen LogP contribution in [-0.2, 0) is 12.8 Å². The maximum Gasteiger partial charge on any atom is 0.0608 e. The summed E-state index contributed by atoms with van der Waals surface area (Å²) in [6.45, 7) is 2.20. The van der Waals surface area contributed by atoms with E-state index in [1.807, 2.05) is 13.1 Å². The molecule has 22 heavy (non-hydrogen) atoms. The quantitative estimate of drug-likeness (QED) is 0.914. The molecule has 2 nitrogen and oxygen atoms in total. The first-order valence-corrected chi connectivity index (χ1v) is 8.41. The predicted octanol–water partition coefficient (Wildman–Crippen LogP) is 3.43. The van der Waals surface area contributed by atoms with E-state index in [9.17, 15) is 0 Å². The van der Waals surface area contributed by atoms with Crippen LogP contribution < -0.4 is 5.32 Å². The van der Waals surface area contributed by atoms with Crippen LogP contribution in [0, 0.1) is 0 Å². The second-order valence-electron chi connectivity index (χ2n) is 6.38. The fourth-order valence-electron chi connectivity index (χ4n) is 3.81. The van der Waals surface area contributed by atoms with Crippen LogP contribution in [0.3, 0.4) is 0 Å². The second kappa shape index (κ2) is 5.69. The van der Waals surface area contributed by atoms with E-state index in [0.717, 1.165) is 31.0 Å². The molecule has 1 fully saturated rings. The number of nitrogens with zero attached hydrogens (tertiary/aromatic N) is 1. The van der Waals surface area contributed by atoms with Crippen molar-refractivity contribution in [2.45, 2.75) is 24.9 Å². The summed E-state index contributed by atoms with van der Waals surface area (Å²) in [5.41, 5.74) is 5.77. The molecule has 2 aromatic carbocycles. The molecule has 1 unspecified atom stereocenters. The van der Waals surface area contributed by atoms with Crippen molar-refractivity contribution in [1.82, 2.24) is 10.2 Å². The molecule has 0 radical (unpaired) electrons. The van der Waals surface area contributed by atoms with E-state index in [-0.39, 0.29) is 0 Å². The summed E-state index contributed by atoms with van der Waals surface area (Å²) in [4.78, 5) is 2.57. The molecule has 0 bridgehead atoms. The fraction of sp³-hybridized carbons (Fsp3) is 0.368. The lowest BCUT2D eigenvalue weighted by Gasteiger charge is -2.45. The summed E-state index contributed by atoms with van der Waals surface area (Å²) in [7, 11) is 2.05. The SMILES string of the molecule is CNC1CN(C2c3ccccc3CCc3ccc(Cl)cc32)C1. The van der Waals surface area contributed by atoms with Crippen LogP contribution in [0.15, 0.2) is 42.5 Å². The largest absolute Gasteiger partial charge is 0.315 e. The van der Waals surface area contributed by atoms with Crippen molar-refractivity contribution in [3.05, 3.63) is 69.7 Å². The van der Waals surface area contributed by atoms with Crippen LogP contribution in [0.4, 0.5) is 0 Å². The van der Waals surface area contributed by atoms with E-state index in [2.05, 4.69) is 46.6 Å². The average Bonchev–Trinajstić information content (AvgIpc) is 2.64. The standard InChI is InChI=1S/C19H21ClN2/c1-21-16-11-22(12-16)19-17-5-3-2-4-13(17)6-7-14-8-9-15(20)10-18(14)19/h2-5,8-10,16,19,21H,6-7,11-12H2,1H3. The first-order valence-electron chi connectivity index (χ1n) is 8.03. The van der Waals surface area contributed by atoms with Gasteiger partial charge in [-0.3, -0.25) is 4.90 Å². The predicted molar refractivity (Wildman–Crippen MR) is 91.6 cm³/mol. The minimum atomic E-state index is 0.344. The Morgan fingerprint density at radius 2 is 1.73 bits per heavy atom. The number of rotatable bonds is 2. The number of benzene rings is 2. The molecule has 0 saturated carbocycles. The molecule has 3 heteroatoms. The molecule has 1 aliphatic heterocycles. The van der Waals surface area contributed by atoms with Gasteiger partial charge < -0.3 is 5.32 Å². The number of hydrogen-bond donors (Lipinski definition) is 1. The van der Waals surface area contributed by atoms with E-state index in [1.54, 1.807) is 0 Å². The second-order valence-corrected chi connectivity index (χ2v) is 6.82. The zero-order chi connectivity index (χ0) is 15.1.